The van der Waals surface area contributed by atoms with Crippen molar-refractivity contribution in [1.29, 1.82) is 0 Å². The second-order valence-electron chi connectivity index (χ2n) is 17.1. The smallest absolute Gasteiger partial charge is 0.311 e. The third-order valence-corrected chi connectivity index (χ3v) is 12.1. The highest BCUT2D eigenvalue weighted by Crippen LogP contribution is 2.41. The third kappa shape index (κ3) is 10.2. The van der Waals surface area contributed by atoms with Crippen molar-refractivity contribution in [3.05, 3.63) is 0 Å². The van der Waals surface area contributed by atoms with Crippen LogP contribution in [0.4, 0.5) is 0 Å². The lowest BCUT2D eigenvalue weighted by molar-refractivity contribution is -0.318. The van der Waals surface area contributed by atoms with Crippen LogP contribution in [-0.2, 0) is 47.5 Å². The van der Waals surface area contributed by atoms with E-state index in [1.54, 1.807) is 41.5 Å². The Labute approximate surface area is 321 Å². The highest BCUT2D eigenvalue weighted by atomic mass is 16.7. The van der Waals surface area contributed by atoms with Crippen molar-refractivity contribution < 1.29 is 68.0 Å². The topological polar surface area (TPSA) is 200 Å². The first-order valence-corrected chi connectivity index (χ1v) is 19.4. The zero-order valence-electron chi connectivity index (χ0n) is 34.8. The molecule has 4 N–H and O–H groups in total. The molecule has 3 fully saturated rings. The Bertz CT molecular complexity index is 1280. The number of aliphatic hydroxyl groups excluding tert-OH is 2. The zero-order valence-corrected chi connectivity index (χ0v) is 34.8. The minimum absolute atomic E-state index is 0.0755. The number of carbonyl (C=O) groups excluding carboxylic acids is 3. The molecular weight excluding hydrogens is 706 g/mol. The van der Waals surface area contributed by atoms with E-state index < -0.39 is 114 Å². The fourth-order valence-electron chi connectivity index (χ4n) is 8.71. The van der Waals surface area contributed by atoms with E-state index in [1.807, 2.05) is 25.9 Å². The summed E-state index contributed by atoms with van der Waals surface area (Å²) in [5.74, 6) is -5.68. The molecule has 3 aliphatic rings. The second-order valence-corrected chi connectivity index (χ2v) is 17.1. The molecule has 3 heterocycles. The molecule has 3 saturated heterocycles. The van der Waals surface area contributed by atoms with Gasteiger partial charge in [-0.05, 0) is 74.9 Å². The summed E-state index contributed by atoms with van der Waals surface area (Å²) in [6.07, 6.45) is -9.80. The average molecular weight is 776 g/mol. The molecule has 0 aliphatic carbocycles. The molecule has 0 spiro atoms. The van der Waals surface area contributed by atoms with Gasteiger partial charge in [-0.15, -0.1) is 0 Å². The fourth-order valence-corrected chi connectivity index (χ4v) is 8.71. The lowest BCUT2D eigenvalue weighted by Crippen LogP contribution is -2.61. The summed E-state index contributed by atoms with van der Waals surface area (Å²) < 4.78 is 43.3. The Morgan fingerprint density at radius 1 is 0.907 bits per heavy atom. The summed E-state index contributed by atoms with van der Waals surface area (Å²) in [6, 6.07) is -0.320. The van der Waals surface area contributed by atoms with Crippen molar-refractivity contribution in [2.45, 2.75) is 186 Å². The number of rotatable bonds is 8. The Kier molecular flexibility index (Phi) is 15.7. The van der Waals surface area contributed by atoms with Crippen LogP contribution in [0.3, 0.4) is 0 Å². The molecule has 0 amide bonds. The normalized spacial score (nSPS) is 47.5. The van der Waals surface area contributed by atoms with Crippen LogP contribution >= 0.6 is 0 Å². The molecule has 3 aliphatic heterocycles. The van der Waals surface area contributed by atoms with E-state index in [4.69, 9.17) is 33.2 Å². The van der Waals surface area contributed by atoms with Crippen LogP contribution in [0.2, 0.25) is 0 Å². The van der Waals surface area contributed by atoms with Crippen LogP contribution in [0.1, 0.15) is 102 Å². The number of carbonyl (C=O) groups is 3. The minimum Gasteiger partial charge on any atom is -0.459 e. The van der Waals surface area contributed by atoms with Gasteiger partial charge in [0.1, 0.15) is 23.6 Å². The summed E-state index contributed by atoms with van der Waals surface area (Å²) in [4.78, 5) is 42.4. The predicted octanol–water partition coefficient (Wildman–Crippen LogP) is 2.36. The number of methoxy groups -OCH3 is 1. The molecule has 0 radical (unpaired) electrons. The van der Waals surface area contributed by atoms with Crippen LogP contribution < -0.4 is 0 Å². The number of hydrogen-bond donors (Lipinski definition) is 4. The summed E-state index contributed by atoms with van der Waals surface area (Å²) in [5.41, 5.74) is -4.92. The highest BCUT2D eigenvalue weighted by molar-refractivity contribution is 5.83. The largest absolute Gasteiger partial charge is 0.459 e. The first-order chi connectivity index (χ1) is 24.8. The van der Waals surface area contributed by atoms with Crippen molar-refractivity contribution in [2.75, 3.05) is 21.2 Å². The van der Waals surface area contributed by atoms with Gasteiger partial charge in [-0.3, -0.25) is 14.4 Å². The van der Waals surface area contributed by atoms with Gasteiger partial charge in [0.15, 0.2) is 18.7 Å². The van der Waals surface area contributed by atoms with Crippen molar-refractivity contribution in [2.24, 2.45) is 23.7 Å². The van der Waals surface area contributed by atoms with E-state index in [9.17, 15) is 34.8 Å². The van der Waals surface area contributed by atoms with Gasteiger partial charge >= 0.3 is 11.9 Å². The second kappa shape index (κ2) is 18.2. The van der Waals surface area contributed by atoms with Gasteiger partial charge in [0, 0.05) is 38.2 Å². The average Bonchev–Trinajstić information content (AvgIpc) is 3.08. The highest BCUT2D eigenvalue weighted by Gasteiger charge is 2.54. The molecule has 54 heavy (non-hydrogen) atoms. The minimum atomic E-state index is -2.01. The summed E-state index contributed by atoms with van der Waals surface area (Å²) in [5, 5.41) is 46.5. The Morgan fingerprint density at radius 3 is 2.06 bits per heavy atom. The molecule has 15 nitrogen and oxygen atoms in total. The molecule has 0 aromatic heterocycles. The molecule has 3 rings (SSSR count). The molecule has 314 valence electrons. The monoisotopic (exact) mass is 775 g/mol. The standard InChI is InChI=1S/C39H69NO14/c1-15-27-39(11,47)32(43)21(4)29(42)19(2)17-37(9,46)34(54-36-31(51-25(8)41)26(40(12)13)16-20(3)49-36)22(5)30(23(6)35(45)52-27)53-28-18-38(10,48-14)33(44)24(7)50-28/h19-24,26-28,30-34,36,43-44,46-47H,15-18H2,1-14H3/t19-,20-,21+,22+,23-,24+,26+,27-,28+,30?,31-,32-,33+,34-,36+,37-,38-,39-/m1/s1. The SMILES string of the molecule is CC[C@H]1OC(=O)[C@H](C)C(O[C@H]2C[C@@](C)(OC)[C@@H](O)[C@H](C)O2)[C@H](C)[C@@H](O[C@@H]2O[C@H](C)C[C@H](N(C)C)[C@H]2OC(C)=O)[C@](C)(O)C[C@@H](C)C(=O)[C@H](C)[C@@H](O)[C@]1(C)O. The molecule has 0 saturated carbocycles. The number of ether oxygens (including phenoxy) is 7. The van der Waals surface area contributed by atoms with E-state index in [2.05, 4.69) is 0 Å². The molecule has 18 atom stereocenters. The van der Waals surface area contributed by atoms with Crippen molar-refractivity contribution in [1.82, 2.24) is 4.90 Å². The Morgan fingerprint density at radius 2 is 1.52 bits per heavy atom. The number of ketones is 1. The Balaban J connectivity index is 2.23. The van der Waals surface area contributed by atoms with Crippen molar-refractivity contribution >= 4 is 17.7 Å². The molecule has 1 unspecified atom stereocenters. The number of cyclic esters (lactones) is 1. The Hall–Kier alpha value is -1.79. The number of nitrogens with zero attached hydrogens (tertiary/aromatic N) is 1. The quantitative estimate of drug-likeness (QED) is 0.262. The molecule has 15 heteroatoms. The van der Waals surface area contributed by atoms with E-state index in [0.29, 0.717) is 6.42 Å². The first-order valence-electron chi connectivity index (χ1n) is 19.4. The van der Waals surface area contributed by atoms with Crippen LogP contribution in [-0.4, -0.2) is 149 Å². The molecular formula is C39H69NO14. The third-order valence-electron chi connectivity index (χ3n) is 12.1. The fraction of sp³-hybridized carbons (Fsp3) is 0.923. The molecule has 0 aromatic rings. The maximum Gasteiger partial charge on any atom is 0.311 e. The van der Waals surface area contributed by atoms with Crippen LogP contribution in [0.5, 0.6) is 0 Å². The number of likely N-dealkylation sites (N-methyl/N-ethyl adjacent to an activating group) is 1. The molecule has 0 aromatic carbocycles. The lowest BCUT2D eigenvalue weighted by Gasteiger charge is -2.49. The first kappa shape index (κ1) is 46.6. The van der Waals surface area contributed by atoms with E-state index in [0.717, 1.165) is 0 Å². The van der Waals surface area contributed by atoms with Gasteiger partial charge in [0.2, 0.25) is 0 Å². The predicted molar refractivity (Wildman–Crippen MR) is 196 cm³/mol. The van der Waals surface area contributed by atoms with Gasteiger partial charge in [0.25, 0.3) is 0 Å². The van der Waals surface area contributed by atoms with Gasteiger partial charge in [-0.1, -0.05) is 27.7 Å². The summed E-state index contributed by atoms with van der Waals surface area (Å²) >= 11 is 0. The van der Waals surface area contributed by atoms with Gasteiger partial charge in [-0.25, -0.2) is 0 Å². The van der Waals surface area contributed by atoms with Crippen molar-refractivity contribution in [3.8, 4) is 0 Å². The van der Waals surface area contributed by atoms with Gasteiger partial charge in [-0.2, -0.15) is 0 Å². The number of Topliss-reactive ketones (excluding diaryl/α,β-unsaturated/α-hetero) is 1. The van der Waals surface area contributed by atoms with E-state index in [1.165, 1.54) is 34.8 Å². The summed E-state index contributed by atoms with van der Waals surface area (Å²) in [6.45, 7) is 17.6. The number of aliphatic hydroxyl groups is 4. The van der Waals surface area contributed by atoms with E-state index in [-0.39, 0.29) is 31.4 Å². The zero-order chi connectivity index (χ0) is 41.2. The molecule has 0 bridgehead atoms. The maximum absolute atomic E-state index is 14.2. The lowest BCUT2D eigenvalue weighted by atomic mass is 9.74. The number of hydrogen-bond acceptors (Lipinski definition) is 15. The van der Waals surface area contributed by atoms with Gasteiger partial charge in [0.05, 0.1) is 53.7 Å². The maximum atomic E-state index is 14.2. The van der Waals surface area contributed by atoms with Crippen LogP contribution in [0, 0.1) is 23.7 Å². The van der Waals surface area contributed by atoms with E-state index >= 15 is 0 Å². The van der Waals surface area contributed by atoms with Crippen LogP contribution in [0.15, 0.2) is 0 Å². The van der Waals surface area contributed by atoms with Crippen LogP contribution in [0.25, 0.3) is 0 Å². The number of esters is 2. The summed E-state index contributed by atoms with van der Waals surface area (Å²) in [7, 11) is 5.19. The van der Waals surface area contributed by atoms with Crippen molar-refractivity contribution in [3.63, 3.8) is 0 Å². The van der Waals surface area contributed by atoms with Gasteiger partial charge < -0.3 is 58.5 Å².